The third kappa shape index (κ3) is 7.77. The molecule has 0 nitrogen and oxygen atoms in total. The Morgan fingerprint density at radius 3 is 2.44 bits per heavy atom. The van der Waals surface area contributed by atoms with E-state index in [0.29, 0.717) is 0 Å². The van der Waals surface area contributed by atoms with Gasteiger partial charge in [0.2, 0.25) is 0 Å². The van der Waals surface area contributed by atoms with E-state index >= 15 is 0 Å². The lowest BCUT2D eigenvalue weighted by Crippen LogP contribution is -1.66. The molecule has 0 saturated carbocycles. The monoisotopic (exact) mass is 144 g/mol. The first-order valence-electron chi connectivity index (χ1n) is 3.16. The summed E-state index contributed by atoms with van der Waals surface area (Å²) in [6, 6.07) is 0. The SMILES string of the molecule is CC(C)=CCC/C=C/Cl. The molecule has 0 aromatic rings. The Morgan fingerprint density at radius 2 is 2.00 bits per heavy atom. The van der Waals surface area contributed by atoms with Gasteiger partial charge in [-0.3, -0.25) is 0 Å². The third-order valence-electron chi connectivity index (χ3n) is 0.975. The van der Waals surface area contributed by atoms with E-state index in [9.17, 15) is 0 Å². The lowest BCUT2D eigenvalue weighted by molar-refractivity contribution is 1.04. The highest BCUT2D eigenvalue weighted by molar-refractivity contribution is 6.25. The lowest BCUT2D eigenvalue weighted by atomic mass is 10.2. The van der Waals surface area contributed by atoms with Crippen LogP contribution in [0.5, 0.6) is 0 Å². The molecule has 0 fully saturated rings. The predicted molar refractivity (Wildman–Crippen MR) is 43.7 cm³/mol. The van der Waals surface area contributed by atoms with E-state index < -0.39 is 0 Å². The first kappa shape index (κ1) is 8.77. The Labute approximate surface area is 62.2 Å². The predicted octanol–water partition coefficient (Wildman–Crippen LogP) is 3.49. The van der Waals surface area contributed by atoms with Crippen molar-refractivity contribution in [3.8, 4) is 0 Å². The summed E-state index contributed by atoms with van der Waals surface area (Å²) in [5.74, 6) is 0. The number of allylic oxidation sites excluding steroid dienone is 3. The molecule has 0 N–H and O–H groups in total. The zero-order valence-corrected chi connectivity index (χ0v) is 6.78. The maximum atomic E-state index is 5.32. The Morgan fingerprint density at radius 1 is 1.33 bits per heavy atom. The molecule has 0 aliphatic heterocycles. The minimum absolute atomic E-state index is 1.05. The highest BCUT2D eigenvalue weighted by atomic mass is 35.5. The highest BCUT2D eigenvalue weighted by Gasteiger charge is 1.76. The van der Waals surface area contributed by atoms with E-state index in [-0.39, 0.29) is 0 Å². The average molecular weight is 145 g/mol. The van der Waals surface area contributed by atoms with E-state index in [1.54, 1.807) is 5.54 Å². The number of unbranched alkanes of at least 4 members (excludes halogenated alkanes) is 1. The number of hydrogen-bond acceptors (Lipinski definition) is 0. The molecule has 0 aromatic carbocycles. The first-order chi connectivity index (χ1) is 4.27. The molecule has 0 amide bonds. The van der Waals surface area contributed by atoms with Crippen LogP contribution in [0.3, 0.4) is 0 Å². The van der Waals surface area contributed by atoms with E-state index in [1.807, 2.05) is 6.08 Å². The number of halogens is 1. The molecule has 0 radical (unpaired) electrons. The first-order valence-corrected chi connectivity index (χ1v) is 3.59. The van der Waals surface area contributed by atoms with Crippen LogP contribution in [-0.4, -0.2) is 0 Å². The molecule has 0 aliphatic rings. The molecule has 0 unspecified atom stereocenters. The molecule has 0 aliphatic carbocycles. The third-order valence-corrected chi connectivity index (χ3v) is 1.15. The summed E-state index contributed by atoms with van der Waals surface area (Å²) in [6.45, 7) is 4.20. The lowest BCUT2D eigenvalue weighted by Gasteiger charge is -1.87. The van der Waals surface area contributed by atoms with E-state index in [1.165, 1.54) is 5.57 Å². The maximum absolute atomic E-state index is 5.32. The van der Waals surface area contributed by atoms with Crippen molar-refractivity contribution in [1.29, 1.82) is 0 Å². The van der Waals surface area contributed by atoms with E-state index in [4.69, 9.17) is 11.6 Å². The van der Waals surface area contributed by atoms with Crippen molar-refractivity contribution in [3.63, 3.8) is 0 Å². The summed E-state index contributed by atoms with van der Waals surface area (Å²) in [7, 11) is 0. The van der Waals surface area contributed by atoms with Crippen LogP contribution in [0.4, 0.5) is 0 Å². The average Bonchev–Trinajstić information content (AvgIpc) is 1.80. The Balaban J connectivity index is 3.20. The normalized spacial score (nSPS) is 10.1. The van der Waals surface area contributed by atoms with Crippen LogP contribution in [0.2, 0.25) is 0 Å². The fourth-order valence-corrected chi connectivity index (χ4v) is 0.657. The summed E-state index contributed by atoms with van der Waals surface area (Å²) in [4.78, 5) is 0. The van der Waals surface area contributed by atoms with Crippen LogP contribution in [-0.2, 0) is 0 Å². The largest absolute Gasteiger partial charge is 0.0933 e. The Hall–Kier alpha value is -0.230. The van der Waals surface area contributed by atoms with Crippen molar-refractivity contribution >= 4 is 11.6 Å². The zero-order chi connectivity index (χ0) is 7.11. The van der Waals surface area contributed by atoms with Gasteiger partial charge in [-0.2, -0.15) is 0 Å². The van der Waals surface area contributed by atoms with Crippen molar-refractivity contribution in [2.45, 2.75) is 26.7 Å². The van der Waals surface area contributed by atoms with Gasteiger partial charge in [-0.1, -0.05) is 29.3 Å². The molecular weight excluding hydrogens is 132 g/mol. The zero-order valence-electron chi connectivity index (χ0n) is 6.02. The van der Waals surface area contributed by atoms with E-state index in [2.05, 4.69) is 19.9 Å². The summed E-state index contributed by atoms with van der Waals surface area (Å²) < 4.78 is 0. The van der Waals surface area contributed by atoms with Gasteiger partial charge in [0.05, 0.1) is 0 Å². The highest BCUT2D eigenvalue weighted by Crippen LogP contribution is 1.97. The molecule has 0 atom stereocenters. The molecule has 0 heterocycles. The Bertz CT molecular complexity index is 108. The maximum Gasteiger partial charge on any atom is 0.000256 e. The standard InChI is InChI=1S/C8H13Cl/c1-8(2)6-4-3-5-7-9/h5-7H,3-4H2,1-2H3/b7-5+. The second-order valence-corrected chi connectivity index (χ2v) is 2.47. The second-order valence-electron chi connectivity index (χ2n) is 2.22. The van der Waals surface area contributed by atoms with Crippen LogP contribution in [0.15, 0.2) is 23.3 Å². The van der Waals surface area contributed by atoms with E-state index in [0.717, 1.165) is 12.8 Å². The van der Waals surface area contributed by atoms with Crippen LogP contribution >= 0.6 is 11.6 Å². The van der Waals surface area contributed by atoms with Gasteiger partial charge < -0.3 is 0 Å². The van der Waals surface area contributed by atoms with Gasteiger partial charge in [0.15, 0.2) is 0 Å². The summed E-state index contributed by atoms with van der Waals surface area (Å²) in [5, 5.41) is 0. The molecule has 9 heavy (non-hydrogen) atoms. The fraction of sp³-hybridized carbons (Fsp3) is 0.500. The minimum Gasteiger partial charge on any atom is -0.0933 e. The van der Waals surface area contributed by atoms with Gasteiger partial charge >= 0.3 is 0 Å². The summed E-state index contributed by atoms with van der Waals surface area (Å²) in [5.41, 5.74) is 2.94. The quantitative estimate of drug-likeness (QED) is 0.420. The fourth-order valence-electron chi connectivity index (χ4n) is 0.531. The molecule has 0 aromatic heterocycles. The van der Waals surface area contributed by atoms with Crippen LogP contribution in [0.1, 0.15) is 26.7 Å². The molecule has 0 rings (SSSR count). The van der Waals surface area contributed by atoms with Gasteiger partial charge in [-0.15, -0.1) is 0 Å². The van der Waals surface area contributed by atoms with Gasteiger partial charge in [0, 0.05) is 5.54 Å². The van der Waals surface area contributed by atoms with Gasteiger partial charge in [-0.25, -0.2) is 0 Å². The second kappa shape index (κ2) is 5.90. The number of hydrogen-bond donors (Lipinski definition) is 0. The Kier molecular flexibility index (Phi) is 5.75. The number of rotatable bonds is 3. The molecule has 52 valence electrons. The molecular formula is C8H13Cl. The van der Waals surface area contributed by atoms with Crippen molar-refractivity contribution in [1.82, 2.24) is 0 Å². The summed E-state index contributed by atoms with van der Waals surface area (Å²) >= 11 is 5.32. The molecule has 0 bridgehead atoms. The van der Waals surface area contributed by atoms with Crippen molar-refractivity contribution in [2.24, 2.45) is 0 Å². The minimum atomic E-state index is 1.05. The van der Waals surface area contributed by atoms with Gasteiger partial charge in [-0.05, 0) is 26.7 Å². The van der Waals surface area contributed by atoms with Crippen LogP contribution in [0, 0.1) is 0 Å². The molecule has 0 saturated heterocycles. The molecule has 0 spiro atoms. The van der Waals surface area contributed by atoms with Gasteiger partial charge in [0.1, 0.15) is 0 Å². The van der Waals surface area contributed by atoms with Gasteiger partial charge in [0.25, 0.3) is 0 Å². The van der Waals surface area contributed by atoms with Crippen molar-refractivity contribution < 1.29 is 0 Å². The topological polar surface area (TPSA) is 0 Å². The van der Waals surface area contributed by atoms with Crippen molar-refractivity contribution in [2.75, 3.05) is 0 Å². The smallest absolute Gasteiger partial charge is 0.000256 e. The summed E-state index contributed by atoms with van der Waals surface area (Å²) in [6.07, 6.45) is 6.32. The molecule has 1 heteroatoms. The van der Waals surface area contributed by atoms with Crippen LogP contribution < -0.4 is 0 Å². The van der Waals surface area contributed by atoms with Crippen LogP contribution in [0.25, 0.3) is 0 Å². The van der Waals surface area contributed by atoms with Crippen molar-refractivity contribution in [3.05, 3.63) is 23.3 Å².